The Kier molecular flexibility index (Phi) is 5.60. The number of ether oxygens (including phenoxy) is 2. The van der Waals surface area contributed by atoms with Gasteiger partial charge in [-0.2, -0.15) is 0 Å². The van der Waals surface area contributed by atoms with Crippen LogP contribution in [0, 0.1) is 0 Å². The number of nitrogens with zero attached hydrogens (tertiary/aromatic N) is 1. The first kappa shape index (κ1) is 18.7. The minimum Gasteiger partial charge on any atom is -0.487 e. The topological polar surface area (TPSA) is 60.5 Å². The number of aromatic nitrogens is 1. The van der Waals surface area contributed by atoms with E-state index in [1.807, 2.05) is 0 Å². The smallest absolute Gasteiger partial charge is 0.487 e. The molecule has 0 aliphatic heterocycles. The van der Waals surface area contributed by atoms with Gasteiger partial charge in [0.1, 0.15) is 23.0 Å². The molecule has 1 aromatic carbocycles. The Labute approximate surface area is 156 Å². The van der Waals surface area contributed by atoms with Crippen LogP contribution >= 0.6 is 11.3 Å². The van der Waals surface area contributed by atoms with Gasteiger partial charge in [0, 0.05) is 11.8 Å². The van der Waals surface area contributed by atoms with Gasteiger partial charge in [0.25, 0.3) is 5.91 Å². The summed E-state index contributed by atoms with van der Waals surface area (Å²) in [6.45, 7) is -0.184. The molecular formula is C18H13F3N2O3S. The van der Waals surface area contributed by atoms with Gasteiger partial charge in [-0.05, 0) is 29.6 Å². The van der Waals surface area contributed by atoms with Crippen LogP contribution in [0.4, 0.5) is 18.9 Å². The van der Waals surface area contributed by atoms with E-state index in [2.05, 4.69) is 15.0 Å². The molecule has 5 nitrogen and oxygen atoms in total. The van der Waals surface area contributed by atoms with E-state index < -0.39 is 12.3 Å². The van der Waals surface area contributed by atoms with Gasteiger partial charge in [0.15, 0.2) is 0 Å². The lowest BCUT2D eigenvalue weighted by Gasteiger charge is -2.14. The highest BCUT2D eigenvalue weighted by Crippen LogP contribution is 2.30. The normalized spacial score (nSPS) is 11.1. The Hall–Kier alpha value is -3.07. The zero-order valence-electron chi connectivity index (χ0n) is 13.7. The van der Waals surface area contributed by atoms with Crippen molar-refractivity contribution < 1.29 is 27.4 Å². The Morgan fingerprint density at radius 3 is 2.67 bits per heavy atom. The fourth-order valence-electron chi connectivity index (χ4n) is 2.20. The number of carbonyl (C=O) groups excluding carboxylic acids is 1. The van der Waals surface area contributed by atoms with Crippen LogP contribution in [-0.4, -0.2) is 17.3 Å². The van der Waals surface area contributed by atoms with Crippen LogP contribution < -0.4 is 14.8 Å². The van der Waals surface area contributed by atoms with Crippen molar-refractivity contribution in [2.24, 2.45) is 0 Å². The van der Waals surface area contributed by atoms with Gasteiger partial charge in [-0.25, -0.2) is 0 Å². The van der Waals surface area contributed by atoms with Crippen molar-refractivity contribution in [2.75, 3.05) is 5.32 Å². The van der Waals surface area contributed by atoms with E-state index in [1.54, 1.807) is 35.8 Å². The molecule has 0 fully saturated rings. The van der Waals surface area contributed by atoms with Gasteiger partial charge in [0.2, 0.25) is 0 Å². The quantitative estimate of drug-likeness (QED) is 0.648. The molecule has 0 aliphatic carbocycles. The molecule has 0 radical (unpaired) electrons. The van der Waals surface area contributed by atoms with Crippen molar-refractivity contribution in [1.82, 2.24) is 4.98 Å². The number of rotatable bonds is 6. The highest BCUT2D eigenvalue weighted by molar-refractivity contribution is 7.12. The summed E-state index contributed by atoms with van der Waals surface area (Å²) in [4.78, 5) is 16.6. The molecule has 2 heterocycles. The maximum Gasteiger partial charge on any atom is 0.573 e. The number of carbonyl (C=O) groups is 1. The molecule has 27 heavy (non-hydrogen) atoms. The SMILES string of the molecule is O=C(Nc1cccnc1)c1sccc1OCc1ccccc1OC(F)(F)F. The summed E-state index contributed by atoms with van der Waals surface area (Å²) in [5.74, 6) is -0.474. The van der Waals surface area contributed by atoms with E-state index in [1.165, 1.54) is 24.4 Å². The molecule has 3 aromatic rings. The zero-order chi connectivity index (χ0) is 19.3. The molecule has 0 bridgehead atoms. The van der Waals surface area contributed by atoms with Crippen molar-refractivity contribution in [3.8, 4) is 11.5 Å². The van der Waals surface area contributed by atoms with E-state index in [9.17, 15) is 18.0 Å². The average Bonchev–Trinajstić information content (AvgIpc) is 3.09. The minimum absolute atomic E-state index is 0.184. The number of benzene rings is 1. The Morgan fingerprint density at radius 1 is 1.11 bits per heavy atom. The second-order valence-corrected chi connectivity index (χ2v) is 6.17. The Morgan fingerprint density at radius 2 is 1.93 bits per heavy atom. The summed E-state index contributed by atoms with van der Waals surface area (Å²) in [6.07, 6.45) is -1.72. The molecule has 1 N–H and O–H groups in total. The number of pyridine rings is 1. The number of halogens is 3. The number of alkyl halides is 3. The maximum absolute atomic E-state index is 12.5. The molecule has 0 aliphatic rings. The summed E-state index contributed by atoms with van der Waals surface area (Å²) in [6, 6.07) is 10.6. The van der Waals surface area contributed by atoms with Crippen molar-refractivity contribution >= 4 is 22.9 Å². The van der Waals surface area contributed by atoms with Gasteiger partial charge >= 0.3 is 6.36 Å². The molecule has 3 rings (SSSR count). The number of thiophene rings is 1. The van der Waals surface area contributed by atoms with E-state index in [0.29, 0.717) is 10.6 Å². The number of anilines is 1. The lowest BCUT2D eigenvalue weighted by atomic mass is 10.2. The van der Waals surface area contributed by atoms with Crippen molar-refractivity contribution in [1.29, 1.82) is 0 Å². The largest absolute Gasteiger partial charge is 0.573 e. The number of para-hydroxylation sites is 1. The summed E-state index contributed by atoms with van der Waals surface area (Å²) in [5, 5.41) is 4.34. The first-order chi connectivity index (χ1) is 12.9. The first-order valence-electron chi connectivity index (χ1n) is 7.68. The third-order valence-corrected chi connectivity index (χ3v) is 4.23. The number of hydrogen-bond donors (Lipinski definition) is 1. The number of nitrogens with one attached hydrogen (secondary N) is 1. The average molecular weight is 394 g/mol. The first-order valence-corrected chi connectivity index (χ1v) is 8.55. The lowest BCUT2D eigenvalue weighted by Crippen LogP contribution is -2.18. The fraction of sp³-hybridized carbons (Fsp3) is 0.111. The zero-order valence-corrected chi connectivity index (χ0v) is 14.5. The van der Waals surface area contributed by atoms with Crippen LogP contribution in [0.3, 0.4) is 0 Å². The van der Waals surface area contributed by atoms with E-state index in [4.69, 9.17) is 4.74 Å². The summed E-state index contributed by atoms with van der Waals surface area (Å²) < 4.78 is 47.0. The molecule has 0 atom stereocenters. The van der Waals surface area contributed by atoms with Gasteiger partial charge in [-0.3, -0.25) is 9.78 Å². The van der Waals surface area contributed by atoms with E-state index in [0.717, 1.165) is 11.3 Å². The molecule has 2 aromatic heterocycles. The highest BCUT2D eigenvalue weighted by Gasteiger charge is 2.32. The molecule has 0 unspecified atom stereocenters. The Balaban J connectivity index is 1.70. The Bertz CT molecular complexity index is 913. The van der Waals surface area contributed by atoms with Crippen molar-refractivity contribution in [3.05, 3.63) is 70.7 Å². The highest BCUT2D eigenvalue weighted by atomic mass is 32.1. The van der Waals surface area contributed by atoms with Crippen LogP contribution in [0.2, 0.25) is 0 Å². The molecule has 0 saturated heterocycles. The molecule has 0 spiro atoms. The summed E-state index contributed by atoms with van der Waals surface area (Å²) in [5.41, 5.74) is 0.727. The van der Waals surface area contributed by atoms with Gasteiger partial charge in [-0.1, -0.05) is 18.2 Å². The van der Waals surface area contributed by atoms with E-state index in [-0.39, 0.29) is 23.7 Å². The number of hydrogen-bond acceptors (Lipinski definition) is 5. The van der Waals surface area contributed by atoms with Gasteiger partial charge in [-0.15, -0.1) is 24.5 Å². The predicted molar refractivity (Wildman–Crippen MR) is 94.0 cm³/mol. The maximum atomic E-state index is 12.5. The monoisotopic (exact) mass is 394 g/mol. The van der Waals surface area contributed by atoms with Gasteiger partial charge in [0.05, 0.1) is 11.9 Å². The molecule has 9 heteroatoms. The molecule has 140 valence electrons. The van der Waals surface area contributed by atoms with Crippen molar-refractivity contribution in [2.45, 2.75) is 13.0 Å². The van der Waals surface area contributed by atoms with Crippen LogP contribution in [-0.2, 0) is 6.61 Å². The second-order valence-electron chi connectivity index (χ2n) is 5.25. The van der Waals surface area contributed by atoms with Crippen LogP contribution in [0.15, 0.2) is 60.2 Å². The van der Waals surface area contributed by atoms with Crippen molar-refractivity contribution in [3.63, 3.8) is 0 Å². The molecule has 1 amide bonds. The molecular weight excluding hydrogens is 381 g/mol. The van der Waals surface area contributed by atoms with Crippen LogP contribution in [0.5, 0.6) is 11.5 Å². The standard InChI is InChI=1S/C18H13F3N2O3S/c19-18(20,21)26-14-6-2-1-4-12(14)11-25-15-7-9-27-16(15)17(24)23-13-5-3-8-22-10-13/h1-10H,11H2,(H,23,24). The third-order valence-electron chi connectivity index (χ3n) is 3.34. The minimum atomic E-state index is -4.80. The summed E-state index contributed by atoms with van der Waals surface area (Å²) in [7, 11) is 0. The van der Waals surface area contributed by atoms with Crippen LogP contribution in [0.25, 0.3) is 0 Å². The second kappa shape index (κ2) is 8.09. The predicted octanol–water partition coefficient (Wildman–Crippen LogP) is 4.87. The number of amides is 1. The third kappa shape index (κ3) is 5.20. The van der Waals surface area contributed by atoms with Gasteiger partial charge < -0.3 is 14.8 Å². The fourth-order valence-corrected chi connectivity index (χ4v) is 2.93. The molecule has 0 saturated carbocycles. The van der Waals surface area contributed by atoms with Crippen LogP contribution in [0.1, 0.15) is 15.2 Å². The summed E-state index contributed by atoms with van der Waals surface area (Å²) >= 11 is 1.16. The lowest BCUT2D eigenvalue weighted by molar-refractivity contribution is -0.275. The van der Waals surface area contributed by atoms with E-state index >= 15 is 0 Å².